The maximum Gasteiger partial charge on any atom is 0.257 e. The highest BCUT2D eigenvalue weighted by molar-refractivity contribution is 8.05. The van der Waals surface area contributed by atoms with Crippen LogP contribution in [-0.2, 0) is 29.9 Å². The summed E-state index contributed by atoms with van der Waals surface area (Å²) in [6, 6.07) is 20.8. The maximum atomic E-state index is 13.7. The smallest absolute Gasteiger partial charge is 0.257 e. The highest BCUT2D eigenvalue weighted by Crippen LogP contribution is 2.31. The minimum absolute atomic E-state index is 0.0938. The van der Waals surface area contributed by atoms with Crippen molar-refractivity contribution in [3.8, 4) is 0 Å². The first-order valence-electron chi connectivity index (χ1n) is 10.2. The van der Waals surface area contributed by atoms with Gasteiger partial charge < -0.3 is 11.1 Å². The second kappa shape index (κ2) is 10.8. The number of rotatable bonds is 11. The molecule has 0 saturated heterocycles. The number of nitrogens with zero attached hydrogens (tertiary/aromatic N) is 1. The fourth-order valence-electron chi connectivity index (χ4n) is 3.22. The number of hydrogen-bond donors (Lipinski definition) is 2. The predicted octanol–water partition coefficient (Wildman–Crippen LogP) is 1.41. The van der Waals surface area contributed by atoms with Gasteiger partial charge in [0.05, 0.1) is 14.7 Å². The molecule has 0 aromatic heterocycles. The van der Waals surface area contributed by atoms with Crippen LogP contribution in [0.5, 0.6) is 0 Å². The lowest BCUT2D eigenvalue weighted by molar-refractivity contribution is 0.450. The Morgan fingerprint density at radius 3 is 1.41 bits per heavy atom. The van der Waals surface area contributed by atoms with Gasteiger partial charge in [0.2, 0.25) is 0 Å². The largest absolute Gasteiger partial charge is 0.329 e. The molecule has 0 aliphatic heterocycles. The molecule has 3 N–H and O–H groups in total. The van der Waals surface area contributed by atoms with Crippen LogP contribution >= 0.6 is 0 Å². The Bertz CT molecular complexity index is 1330. The Hall–Kier alpha value is -2.61. The van der Waals surface area contributed by atoms with Gasteiger partial charge in [-0.15, -0.1) is 0 Å². The Kier molecular flexibility index (Phi) is 8.23. The van der Waals surface area contributed by atoms with Gasteiger partial charge in [0.1, 0.15) is 0 Å². The third-order valence-electron chi connectivity index (χ3n) is 4.86. The summed E-state index contributed by atoms with van der Waals surface area (Å²) in [4.78, 5) is -0.936. The highest BCUT2D eigenvalue weighted by Gasteiger charge is 2.48. The third kappa shape index (κ3) is 5.37. The fraction of sp³-hybridized carbons (Fsp3) is 0.182. The molecule has 0 aliphatic carbocycles. The number of benzene rings is 3. The summed E-state index contributed by atoms with van der Waals surface area (Å²) >= 11 is 0. The zero-order chi connectivity index (χ0) is 24.8. The molecule has 0 spiro atoms. The van der Waals surface area contributed by atoms with Crippen molar-refractivity contribution in [2.45, 2.75) is 20.1 Å². The number of sulfonamides is 2. The topological polar surface area (TPSA) is 144 Å². The monoisotopic (exact) mass is 523 g/mol. The van der Waals surface area contributed by atoms with Crippen LogP contribution in [-0.4, -0.2) is 54.0 Å². The van der Waals surface area contributed by atoms with E-state index in [0.717, 1.165) is 0 Å². The molecule has 3 aromatic rings. The number of nitrogens with two attached hydrogens (primary N) is 1. The Morgan fingerprint density at radius 2 is 1.03 bits per heavy atom. The lowest BCUT2D eigenvalue weighted by Gasteiger charge is -2.30. The van der Waals surface area contributed by atoms with E-state index in [-0.39, 0.29) is 31.5 Å². The van der Waals surface area contributed by atoms with Crippen LogP contribution in [0.3, 0.4) is 0 Å². The zero-order valence-electron chi connectivity index (χ0n) is 18.1. The Balaban J connectivity index is 2.30. The average Bonchev–Trinajstić information content (AvgIpc) is 2.85. The molecule has 3 aromatic carbocycles. The van der Waals surface area contributed by atoms with Crippen molar-refractivity contribution < 1.29 is 25.3 Å². The second-order valence-corrected chi connectivity index (χ2v) is 13.1. The van der Waals surface area contributed by atoms with Gasteiger partial charge in [-0.2, -0.15) is 0 Å². The molecule has 0 saturated carbocycles. The lowest BCUT2D eigenvalue weighted by Crippen LogP contribution is -2.53. The van der Waals surface area contributed by atoms with Gasteiger partial charge >= 0.3 is 0 Å². The van der Waals surface area contributed by atoms with E-state index in [4.69, 9.17) is 5.73 Å². The highest BCUT2D eigenvalue weighted by atomic mass is 32.3. The number of sulfone groups is 1. The van der Waals surface area contributed by atoms with Gasteiger partial charge in [-0.1, -0.05) is 58.3 Å². The van der Waals surface area contributed by atoms with Crippen LogP contribution in [0.1, 0.15) is 0 Å². The quantitative estimate of drug-likeness (QED) is 0.359. The molecule has 0 fully saturated rings. The van der Waals surface area contributed by atoms with Crippen molar-refractivity contribution in [3.05, 3.63) is 91.0 Å². The summed E-state index contributed by atoms with van der Waals surface area (Å²) in [6.45, 7) is -0.229. The summed E-state index contributed by atoms with van der Waals surface area (Å²) < 4.78 is 82.4. The first-order valence-corrected chi connectivity index (χ1v) is 14.7. The van der Waals surface area contributed by atoms with Crippen molar-refractivity contribution >= 4 is 29.9 Å². The van der Waals surface area contributed by atoms with Crippen LogP contribution in [0.4, 0.5) is 0 Å². The molecular weight excluding hydrogens is 498 g/mol. The van der Waals surface area contributed by atoms with Gasteiger partial charge in [0.15, 0.2) is 15.2 Å². The van der Waals surface area contributed by atoms with Crippen LogP contribution in [0.15, 0.2) is 106 Å². The maximum absolute atomic E-state index is 13.7. The normalized spacial score (nSPS) is 13.6. The molecule has 0 amide bonds. The van der Waals surface area contributed by atoms with E-state index in [2.05, 4.69) is 5.32 Å². The molecule has 0 bridgehead atoms. The van der Waals surface area contributed by atoms with Crippen molar-refractivity contribution in [1.82, 2.24) is 9.03 Å². The van der Waals surface area contributed by atoms with Gasteiger partial charge in [0, 0.05) is 19.6 Å². The summed E-state index contributed by atoms with van der Waals surface area (Å²) in [7, 11) is -14.2. The minimum atomic E-state index is -4.84. The van der Waals surface area contributed by atoms with Gasteiger partial charge in [-0.05, 0) is 36.4 Å². The zero-order valence-corrected chi connectivity index (χ0v) is 20.5. The molecule has 0 heterocycles. The Labute approximate surface area is 200 Å². The van der Waals surface area contributed by atoms with Crippen LogP contribution in [0.2, 0.25) is 0 Å². The first-order chi connectivity index (χ1) is 16.1. The van der Waals surface area contributed by atoms with Crippen LogP contribution in [0, 0.1) is 0 Å². The van der Waals surface area contributed by atoms with Crippen molar-refractivity contribution in [3.63, 3.8) is 0 Å². The first kappa shape index (κ1) is 26.0. The van der Waals surface area contributed by atoms with E-state index >= 15 is 0 Å². The SMILES string of the molecule is NCCNCC(N(S(=O)(=O)c1ccccc1)S(=O)(=O)c1ccccc1)S(=O)(=O)c1ccccc1. The number of nitrogens with one attached hydrogen (secondary N) is 1. The van der Waals surface area contributed by atoms with E-state index in [1.165, 1.54) is 72.8 Å². The molecule has 9 nitrogen and oxygen atoms in total. The minimum Gasteiger partial charge on any atom is -0.329 e. The lowest BCUT2D eigenvalue weighted by atomic mass is 10.4. The third-order valence-corrected chi connectivity index (χ3v) is 11.5. The molecule has 1 atom stereocenters. The van der Waals surface area contributed by atoms with Crippen molar-refractivity contribution in [2.24, 2.45) is 5.73 Å². The summed E-state index contributed by atoms with van der Waals surface area (Å²) in [5.74, 6) is 0. The van der Waals surface area contributed by atoms with Gasteiger partial charge in [-0.3, -0.25) is 0 Å². The van der Waals surface area contributed by atoms with Crippen molar-refractivity contribution in [2.75, 3.05) is 19.6 Å². The van der Waals surface area contributed by atoms with Crippen LogP contribution < -0.4 is 11.1 Å². The molecule has 1 unspecified atom stereocenters. The molecule has 12 heteroatoms. The van der Waals surface area contributed by atoms with Gasteiger partial charge in [0.25, 0.3) is 20.0 Å². The molecular formula is C22H25N3O6S3. The van der Waals surface area contributed by atoms with Crippen molar-refractivity contribution in [1.29, 1.82) is 0 Å². The summed E-state index contributed by atoms with van der Waals surface area (Å²) in [6.07, 6.45) is 0. The van der Waals surface area contributed by atoms with E-state index in [0.29, 0.717) is 0 Å². The second-order valence-electron chi connectivity index (χ2n) is 7.17. The molecule has 34 heavy (non-hydrogen) atoms. The fourth-order valence-corrected chi connectivity index (χ4v) is 9.73. The predicted molar refractivity (Wildman–Crippen MR) is 128 cm³/mol. The van der Waals surface area contributed by atoms with Gasteiger partial charge in [-0.25, -0.2) is 25.3 Å². The van der Waals surface area contributed by atoms with E-state index in [1.807, 2.05) is 0 Å². The summed E-state index contributed by atoms with van der Waals surface area (Å²) in [5.41, 5.74) is 5.50. The van der Waals surface area contributed by atoms with E-state index < -0.39 is 41.8 Å². The molecule has 182 valence electrons. The standard InChI is InChI=1S/C22H25N3O6S3/c23-16-17-24-18-22(32(26,27)19-10-4-1-5-11-19)25(33(28,29)20-12-6-2-7-13-20)34(30,31)21-14-8-3-9-15-21/h1-15,22,24H,16-18,23H2. The molecule has 0 radical (unpaired) electrons. The number of hydrogen-bond acceptors (Lipinski definition) is 8. The average molecular weight is 524 g/mol. The molecule has 0 aliphatic rings. The molecule has 3 rings (SSSR count). The van der Waals surface area contributed by atoms with E-state index in [9.17, 15) is 25.3 Å². The Morgan fingerprint density at radius 1 is 0.647 bits per heavy atom. The van der Waals surface area contributed by atoms with E-state index in [1.54, 1.807) is 18.2 Å². The summed E-state index contributed by atoms with van der Waals surface area (Å²) in [5, 5.41) is 0.747. The van der Waals surface area contributed by atoms with Crippen LogP contribution in [0.25, 0.3) is 0 Å².